The van der Waals surface area contributed by atoms with Gasteiger partial charge in [-0.05, 0) is 13.8 Å². The molecule has 4 heterocycles. The number of aryl methyl sites for hydroxylation is 2. The van der Waals surface area contributed by atoms with Gasteiger partial charge in [0.1, 0.15) is 18.0 Å². The summed E-state index contributed by atoms with van der Waals surface area (Å²) in [5.74, 6) is 3.49. The molecule has 2 aromatic rings. The van der Waals surface area contributed by atoms with Gasteiger partial charge in [-0.15, -0.1) is 0 Å². The van der Waals surface area contributed by atoms with Gasteiger partial charge in [-0.1, -0.05) is 0 Å². The SMILES string of the molecule is Cc1cncnc1N1CC2CN(c3nccnc3C)CC2C1. The van der Waals surface area contributed by atoms with Crippen molar-refractivity contribution in [2.45, 2.75) is 13.8 Å². The standard InChI is InChI=1S/C16H20N6/c1-11-5-17-10-20-15(11)21-6-13-8-22(9-14(13)7-21)16-12(2)18-3-4-19-16/h3-5,10,13-14H,6-9H2,1-2H3. The van der Waals surface area contributed by atoms with E-state index in [2.05, 4.69) is 36.7 Å². The van der Waals surface area contributed by atoms with Crippen LogP contribution in [0.2, 0.25) is 0 Å². The molecule has 0 saturated carbocycles. The lowest BCUT2D eigenvalue weighted by Crippen LogP contribution is -2.30. The summed E-state index contributed by atoms with van der Waals surface area (Å²) >= 11 is 0. The van der Waals surface area contributed by atoms with Crippen LogP contribution in [0.1, 0.15) is 11.3 Å². The van der Waals surface area contributed by atoms with E-state index in [1.165, 1.54) is 0 Å². The van der Waals surface area contributed by atoms with Crippen LogP contribution >= 0.6 is 0 Å². The van der Waals surface area contributed by atoms with Crippen LogP contribution in [0, 0.1) is 25.7 Å². The Hall–Kier alpha value is -2.24. The molecule has 0 amide bonds. The summed E-state index contributed by atoms with van der Waals surface area (Å²) in [6.07, 6.45) is 7.08. The van der Waals surface area contributed by atoms with Crippen LogP contribution in [-0.2, 0) is 0 Å². The predicted octanol–water partition coefficient (Wildman–Crippen LogP) is 1.46. The van der Waals surface area contributed by atoms with Gasteiger partial charge in [0.2, 0.25) is 0 Å². The Morgan fingerprint density at radius 3 is 2.14 bits per heavy atom. The number of fused-ring (bicyclic) bond motifs is 1. The molecule has 2 atom stereocenters. The van der Waals surface area contributed by atoms with Gasteiger partial charge in [-0.2, -0.15) is 0 Å². The van der Waals surface area contributed by atoms with E-state index >= 15 is 0 Å². The maximum Gasteiger partial charge on any atom is 0.150 e. The highest BCUT2D eigenvalue weighted by Gasteiger charge is 2.41. The van der Waals surface area contributed by atoms with Crippen molar-refractivity contribution in [2.24, 2.45) is 11.8 Å². The summed E-state index contributed by atoms with van der Waals surface area (Å²) in [7, 11) is 0. The molecule has 0 spiro atoms. The smallest absolute Gasteiger partial charge is 0.150 e. The largest absolute Gasteiger partial charge is 0.356 e. The van der Waals surface area contributed by atoms with E-state index < -0.39 is 0 Å². The average Bonchev–Trinajstić information content (AvgIpc) is 3.06. The predicted molar refractivity (Wildman–Crippen MR) is 84.9 cm³/mol. The van der Waals surface area contributed by atoms with Crippen molar-refractivity contribution in [1.82, 2.24) is 19.9 Å². The first-order valence-electron chi connectivity index (χ1n) is 7.76. The topological polar surface area (TPSA) is 58.0 Å². The van der Waals surface area contributed by atoms with Gasteiger partial charge in [0.05, 0.1) is 5.69 Å². The zero-order valence-corrected chi connectivity index (χ0v) is 13.0. The molecule has 0 aliphatic carbocycles. The van der Waals surface area contributed by atoms with Crippen LogP contribution in [0.15, 0.2) is 24.9 Å². The molecule has 0 bridgehead atoms. The Bertz CT molecular complexity index is 616. The first-order valence-corrected chi connectivity index (χ1v) is 7.76. The van der Waals surface area contributed by atoms with Crippen LogP contribution in [0.3, 0.4) is 0 Å². The van der Waals surface area contributed by atoms with Gasteiger partial charge in [0.15, 0.2) is 0 Å². The van der Waals surface area contributed by atoms with Crippen LogP contribution in [0.4, 0.5) is 11.6 Å². The molecule has 2 aliphatic heterocycles. The van der Waals surface area contributed by atoms with E-state index in [-0.39, 0.29) is 0 Å². The molecule has 2 fully saturated rings. The van der Waals surface area contributed by atoms with Crippen molar-refractivity contribution in [3.05, 3.63) is 36.2 Å². The molecular weight excluding hydrogens is 276 g/mol. The quantitative estimate of drug-likeness (QED) is 0.836. The Kier molecular flexibility index (Phi) is 3.17. The summed E-state index contributed by atoms with van der Waals surface area (Å²) < 4.78 is 0. The summed E-state index contributed by atoms with van der Waals surface area (Å²) in [4.78, 5) is 22.2. The number of aromatic nitrogens is 4. The molecule has 0 N–H and O–H groups in total. The zero-order valence-electron chi connectivity index (χ0n) is 13.0. The molecule has 2 aromatic heterocycles. The third-order valence-corrected chi connectivity index (χ3v) is 4.81. The minimum Gasteiger partial charge on any atom is -0.356 e. The molecular formula is C16H20N6. The second-order valence-corrected chi connectivity index (χ2v) is 6.32. The molecule has 2 saturated heterocycles. The lowest BCUT2D eigenvalue weighted by atomic mass is 10.0. The van der Waals surface area contributed by atoms with Gasteiger partial charge in [-0.3, -0.25) is 4.98 Å². The molecule has 114 valence electrons. The van der Waals surface area contributed by atoms with E-state index in [1.807, 2.05) is 13.1 Å². The number of anilines is 2. The van der Waals surface area contributed by atoms with Crippen LogP contribution in [-0.4, -0.2) is 46.1 Å². The van der Waals surface area contributed by atoms with Crippen molar-refractivity contribution < 1.29 is 0 Å². The van der Waals surface area contributed by atoms with E-state index in [4.69, 9.17) is 0 Å². The summed E-state index contributed by atoms with van der Waals surface area (Å²) in [6, 6.07) is 0. The normalized spacial score (nSPS) is 23.9. The van der Waals surface area contributed by atoms with E-state index in [0.29, 0.717) is 11.8 Å². The molecule has 2 aliphatic rings. The van der Waals surface area contributed by atoms with Gasteiger partial charge < -0.3 is 9.80 Å². The lowest BCUT2D eigenvalue weighted by Gasteiger charge is -2.24. The zero-order chi connectivity index (χ0) is 15.1. The third kappa shape index (κ3) is 2.19. The van der Waals surface area contributed by atoms with Gasteiger partial charge in [0.25, 0.3) is 0 Å². The minimum atomic E-state index is 0.677. The van der Waals surface area contributed by atoms with Crippen LogP contribution in [0.5, 0.6) is 0 Å². The average molecular weight is 296 g/mol. The van der Waals surface area contributed by atoms with Crippen molar-refractivity contribution in [2.75, 3.05) is 36.0 Å². The van der Waals surface area contributed by atoms with Gasteiger partial charge in [0, 0.05) is 62.2 Å². The summed E-state index contributed by atoms with van der Waals surface area (Å²) in [5, 5.41) is 0. The molecule has 6 nitrogen and oxygen atoms in total. The van der Waals surface area contributed by atoms with Gasteiger partial charge in [-0.25, -0.2) is 15.0 Å². The Morgan fingerprint density at radius 2 is 1.50 bits per heavy atom. The molecule has 0 aromatic carbocycles. The maximum absolute atomic E-state index is 4.51. The van der Waals surface area contributed by atoms with E-state index in [9.17, 15) is 0 Å². The number of nitrogens with zero attached hydrogens (tertiary/aromatic N) is 6. The molecule has 6 heteroatoms. The summed E-state index contributed by atoms with van der Waals surface area (Å²) in [6.45, 7) is 8.37. The monoisotopic (exact) mass is 296 g/mol. The summed E-state index contributed by atoms with van der Waals surface area (Å²) in [5.41, 5.74) is 2.18. The Morgan fingerprint density at radius 1 is 0.864 bits per heavy atom. The van der Waals surface area contributed by atoms with Crippen molar-refractivity contribution in [3.8, 4) is 0 Å². The molecule has 2 unspecified atom stereocenters. The second kappa shape index (κ2) is 5.19. The van der Waals surface area contributed by atoms with Crippen LogP contribution < -0.4 is 9.80 Å². The fourth-order valence-electron chi connectivity index (χ4n) is 3.77. The van der Waals surface area contributed by atoms with Crippen molar-refractivity contribution >= 4 is 11.6 Å². The second-order valence-electron chi connectivity index (χ2n) is 6.32. The van der Waals surface area contributed by atoms with E-state index in [0.717, 1.165) is 49.1 Å². The van der Waals surface area contributed by atoms with Crippen molar-refractivity contribution in [1.29, 1.82) is 0 Å². The highest BCUT2D eigenvalue weighted by molar-refractivity contribution is 5.49. The number of hydrogen-bond acceptors (Lipinski definition) is 6. The Balaban J connectivity index is 1.49. The Labute approximate surface area is 130 Å². The lowest BCUT2D eigenvalue weighted by molar-refractivity contribution is 0.533. The molecule has 0 radical (unpaired) electrons. The molecule has 4 rings (SSSR count). The first kappa shape index (κ1) is 13.4. The number of hydrogen-bond donors (Lipinski definition) is 0. The minimum absolute atomic E-state index is 0.677. The van der Waals surface area contributed by atoms with Crippen molar-refractivity contribution in [3.63, 3.8) is 0 Å². The highest BCUT2D eigenvalue weighted by atomic mass is 15.3. The van der Waals surface area contributed by atoms with Gasteiger partial charge >= 0.3 is 0 Å². The van der Waals surface area contributed by atoms with E-state index in [1.54, 1.807) is 18.7 Å². The third-order valence-electron chi connectivity index (χ3n) is 4.81. The molecule has 22 heavy (non-hydrogen) atoms. The van der Waals surface area contributed by atoms with Crippen LogP contribution in [0.25, 0.3) is 0 Å². The number of rotatable bonds is 2. The fraction of sp³-hybridized carbons (Fsp3) is 0.500. The maximum atomic E-state index is 4.51. The first-order chi connectivity index (χ1) is 10.7. The fourth-order valence-corrected chi connectivity index (χ4v) is 3.77. The highest BCUT2D eigenvalue weighted by Crippen LogP contribution is 2.36.